The zero-order valence-corrected chi connectivity index (χ0v) is 14.8. The highest BCUT2D eigenvalue weighted by atomic mass is 32.2. The standard InChI is InChI=1S/C15H22N2O6S/c1-4-17(5-2)24(20,21)13-8-6-7-12(9-13)16-14(18)10-23-15(19)11-22-3/h6-9H,4-5,10-11H2,1-3H3,(H,16,18). The number of sulfonamides is 1. The molecule has 0 aliphatic carbocycles. The summed E-state index contributed by atoms with van der Waals surface area (Å²) in [5.74, 6) is -1.23. The van der Waals surface area contributed by atoms with Crippen LogP contribution in [0.3, 0.4) is 0 Å². The van der Waals surface area contributed by atoms with Crippen LogP contribution in [0.5, 0.6) is 0 Å². The van der Waals surface area contributed by atoms with E-state index < -0.39 is 28.5 Å². The molecule has 8 nitrogen and oxygen atoms in total. The molecule has 0 aromatic heterocycles. The van der Waals surface area contributed by atoms with Crippen molar-refractivity contribution in [2.75, 3.05) is 38.7 Å². The fourth-order valence-electron chi connectivity index (χ4n) is 1.95. The first-order valence-electron chi connectivity index (χ1n) is 7.39. The Morgan fingerprint density at radius 1 is 1.17 bits per heavy atom. The Hall–Kier alpha value is -1.97. The van der Waals surface area contributed by atoms with Gasteiger partial charge >= 0.3 is 5.97 Å². The highest BCUT2D eigenvalue weighted by Gasteiger charge is 2.21. The third-order valence-corrected chi connectivity index (χ3v) is 5.13. The Bertz CT molecular complexity index is 670. The molecule has 0 aliphatic heterocycles. The van der Waals surface area contributed by atoms with E-state index in [4.69, 9.17) is 0 Å². The molecule has 0 unspecified atom stereocenters. The molecule has 0 fully saturated rings. The quantitative estimate of drug-likeness (QED) is 0.657. The molecule has 0 saturated carbocycles. The summed E-state index contributed by atoms with van der Waals surface area (Å²) in [5.41, 5.74) is 0.302. The molecule has 24 heavy (non-hydrogen) atoms. The number of nitrogens with one attached hydrogen (secondary N) is 1. The molecule has 0 aliphatic rings. The normalized spacial score (nSPS) is 11.3. The van der Waals surface area contributed by atoms with Gasteiger partial charge in [-0.15, -0.1) is 0 Å². The Morgan fingerprint density at radius 3 is 2.42 bits per heavy atom. The number of hydrogen-bond acceptors (Lipinski definition) is 6. The van der Waals surface area contributed by atoms with Gasteiger partial charge in [-0.3, -0.25) is 4.79 Å². The molecule has 0 heterocycles. The summed E-state index contributed by atoms with van der Waals surface area (Å²) in [6.07, 6.45) is 0. The minimum Gasteiger partial charge on any atom is -0.454 e. The van der Waals surface area contributed by atoms with Crippen LogP contribution in [-0.4, -0.2) is 58.0 Å². The lowest BCUT2D eigenvalue weighted by atomic mass is 10.3. The first-order valence-corrected chi connectivity index (χ1v) is 8.83. The number of rotatable bonds is 9. The van der Waals surface area contributed by atoms with E-state index in [1.165, 1.54) is 29.6 Å². The number of methoxy groups -OCH3 is 1. The van der Waals surface area contributed by atoms with Crippen LogP contribution in [0.1, 0.15) is 13.8 Å². The minimum absolute atomic E-state index is 0.0837. The predicted molar refractivity (Wildman–Crippen MR) is 88.0 cm³/mol. The number of esters is 1. The van der Waals surface area contributed by atoms with Crippen LogP contribution in [0, 0.1) is 0 Å². The lowest BCUT2D eigenvalue weighted by Gasteiger charge is -2.18. The maximum absolute atomic E-state index is 12.4. The summed E-state index contributed by atoms with van der Waals surface area (Å²) < 4.78 is 35.5. The topological polar surface area (TPSA) is 102 Å². The van der Waals surface area contributed by atoms with Crippen LogP contribution in [-0.2, 0) is 29.1 Å². The van der Waals surface area contributed by atoms with Crippen molar-refractivity contribution in [2.24, 2.45) is 0 Å². The SMILES string of the molecule is CCN(CC)S(=O)(=O)c1cccc(NC(=O)COC(=O)COC)c1. The van der Waals surface area contributed by atoms with Crippen molar-refractivity contribution in [2.45, 2.75) is 18.7 Å². The number of carbonyl (C=O) groups is 2. The molecule has 9 heteroatoms. The van der Waals surface area contributed by atoms with Crippen molar-refractivity contribution in [3.8, 4) is 0 Å². The zero-order valence-electron chi connectivity index (χ0n) is 13.9. The Balaban J connectivity index is 2.79. The van der Waals surface area contributed by atoms with Crippen LogP contribution in [0.2, 0.25) is 0 Å². The zero-order chi connectivity index (χ0) is 18.2. The second-order valence-corrected chi connectivity index (χ2v) is 6.70. The van der Waals surface area contributed by atoms with E-state index in [0.717, 1.165) is 0 Å². The number of carbonyl (C=O) groups excluding carboxylic acids is 2. The van der Waals surface area contributed by atoms with Gasteiger partial charge in [-0.1, -0.05) is 19.9 Å². The number of ether oxygens (including phenoxy) is 2. The van der Waals surface area contributed by atoms with Gasteiger partial charge in [-0.2, -0.15) is 4.31 Å². The van der Waals surface area contributed by atoms with Gasteiger partial charge in [0.05, 0.1) is 4.90 Å². The third kappa shape index (κ3) is 5.59. The molecule has 1 N–H and O–H groups in total. The van der Waals surface area contributed by atoms with Crippen LogP contribution in [0.25, 0.3) is 0 Å². The highest BCUT2D eigenvalue weighted by molar-refractivity contribution is 7.89. The van der Waals surface area contributed by atoms with Gasteiger partial charge in [-0.25, -0.2) is 13.2 Å². The van der Waals surface area contributed by atoms with Crippen molar-refractivity contribution < 1.29 is 27.5 Å². The fourth-order valence-corrected chi connectivity index (χ4v) is 3.45. The molecule has 1 rings (SSSR count). The number of benzene rings is 1. The van der Waals surface area contributed by atoms with Gasteiger partial charge in [0, 0.05) is 25.9 Å². The minimum atomic E-state index is -3.61. The summed E-state index contributed by atoms with van der Waals surface area (Å²) in [6.45, 7) is 3.48. The second-order valence-electron chi connectivity index (χ2n) is 4.76. The van der Waals surface area contributed by atoms with Crippen molar-refractivity contribution in [1.82, 2.24) is 4.31 Å². The second kappa shape index (κ2) is 9.36. The Labute approximate surface area is 141 Å². The first kappa shape index (κ1) is 20.1. The van der Waals surface area contributed by atoms with Crippen LogP contribution >= 0.6 is 0 Å². The molecule has 0 spiro atoms. The van der Waals surface area contributed by atoms with Gasteiger partial charge in [0.15, 0.2) is 6.61 Å². The van der Waals surface area contributed by atoms with E-state index in [0.29, 0.717) is 18.8 Å². The van der Waals surface area contributed by atoms with Gasteiger partial charge in [0.2, 0.25) is 10.0 Å². The summed E-state index contributed by atoms with van der Waals surface area (Å²) >= 11 is 0. The third-order valence-electron chi connectivity index (χ3n) is 3.09. The van der Waals surface area contributed by atoms with E-state index in [1.807, 2.05) is 0 Å². The van der Waals surface area contributed by atoms with E-state index in [2.05, 4.69) is 14.8 Å². The summed E-state index contributed by atoms with van der Waals surface area (Å²) in [4.78, 5) is 22.9. The largest absolute Gasteiger partial charge is 0.454 e. The lowest BCUT2D eigenvalue weighted by Crippen LogP contribution is -2.30. The lowest BCUT2D eigenvalue weighted by molar-refractivity contribution is -0.150. The molecular formula is C15H22N2O6S. The van der Waals surface area contributed by atoms with Crippen LogP contribution in [0.15, 0.2) is 29.2 Å². The summed E-state index contributed by atoms with van der Waals surface area (Å²) in [5, 5.41) is 2.49. The first-order chi connectivity index (χ1) is 11.3. The van der Waals surface area contributed by atoms with Crippen molar-refractivity contribution in [3.05, 3.63) is 24.3 Å². The van der Waals surface area contributed by atoms with Gasteiger partial charge in [0.1, 0.15) is 6.61 Å². The van der Waals surface area contributed by atoms with Crippen molar-refractivity contribution >= 4 is 27.6 Å². The average molecular weight is 358 g/mol. The number of anilines is 1. The molecule has 1 aromatic carbocycles. The van der Waals surface area contributed by atoms with E-state index in [-0.39, 0.29) is 11.5 Å². The van der Waals surface area contributed by atoms with Crippen LogP contribution < -0.4 is 5.32 Å². The molecular weight excluding hydrogens is 336 g/mol. The summed E-state index contributed by atoms with van der Waals surface area (Å²) in [6, 6.07) is 5.91. The fraction of sp³-hybridized carbons (Fsp3) is 0.467. The Kier molecular flexibility index (Phi) is 7.83. The smallest absolute Gasteiger partial charge is 0.332 e. The summed E-state index contributed by atoms with van der Waals surface area (Å²) in [7, 11) is -2.28. The maximum Gasteiger partial charge on any atom is 0.332 e. The highest BCUT2D eigenvalue weighted by Crippen LogP contribution is 2.19. The molecule has 0 bridgehead atoms. The van der Waals surface area contributed by atoms with Gasteiger partial charge in [-0.05, 0) is 18.2 Å². The molecule has 1 aromatic rings. The number of hydrogen-bond donors (Lipinski definition) is 1. The number of nitrogens with zero attached hydrogens (tertiary/aromatic N) is 1. The van der Waals surface area contributed by atoms with E-state index >= 15 is 0 Å². The van der Waals surface area contributed by atoms with Crippen molar-refractivity contribution in [1.29, 1.82) is 0 Å². The van der Waals surface area contributed by atoms with Crippen LogP contribution in [0.4, 0.5) is 5.69 Å². The average Bonchev–Trinajstić information content (AvgIpc) is 2.54. The predicted octanol–water partition coefficient (Wildman–Crippen LogP) is 0.845. The molecule has 0 atom stereocenters. The van der Waals surface area contributed by atoms with Gasteiger partial charge < -0.3 is 14.8 Å². The Morgan fingerprint density at radius 2 is 1.83 bits per heavy atom. The molecule has 0 saturated heterocycles. The van der Waals surface area contributed by atoms with Crippen molar-refractivity contribution in [3.63, 3.8) is 0 Å². The van der Waals surface area contributed by atoms with E-state index in [1.54, 1.807) is 19.9 Å². The molecule has 0 radical (unpaired) electrons. The maximum atomic E-state index is 12.4. The monoisotopic (exact) mass is 358 g/mol. The van der Waals surface area contributed by atoms with E-state index in [9.17, 15) is 18.0 Å². The molecule has 1 amide bonds. The molecule has 134 valence electrons. The number of amides is 1. The van der Waals surface area contributed by atoms with Gasteiger partial charge in [0.25, 0.3) is 5.91 Å².